The average Bonchev–Trinajstić information content (AvgIpc) is 2.54. The molecule has 2 aromatic rings. The Morgan fingerprint density at radius 1 is 0.905 bits per heavy atom. The Balaban J connectivity index is 1.82. The van der Waals surface area contributed by atoms with Crippen LogP contribution in [0.5, 0.6) is 11.5 Å². The quantitative estimate of drug-likeness (QED) is 0.801. The van der Waals surface area contributed by atoms with Crippen molar-refractivity contribution in [3.05, 3.63) is 59.7 Å². The smallest absolute Gasteiger partial charge is 0.119 e. The summed E-state index contributed by atoms with van der Waals surface area (Å²) in [7, 11) is 1.68. The molecule has 3 nitrogen and oxygen atoms in total. The van der Waals surface area contributed by atoms with Gasteiger partial charge in [0, 0.05) is 13.1 Å². The van der Waals surface area contributed by atoms with E-state index in [0.717, 1.165) is 37.6 Å². The number of methoxy groups -OCH3 is 1. The van der Waals surface area contributed by atoms with Gasteiger partial charge in [-0.3, -0.25) is 0 Å². The van der Waals surface area contributed by atoms with Gasteiger partial charge in [0.1, 0.15) is 11.5 Å². The zero-order valence-corrected chi connectivity index (χ0v) is 12.8. The molecule has 0 aliphatic rings. The highest BCUT2D eigenvalue weighted by atomic mass is 16.5. The Morgan fingerprint density at radius 2 is 1.67 bits per heavy atom. The molecule has 0 aliphatic heterocycles. The molecule has 0 saturated carbocycles. The second kappa shape index (κ2) is 8.32. The fraction of sp³-hybridized carbons (Fsp3) is 0.333. The lowest BCUT2D eigenvalue weighted by Gasteiger charge is -2.09. The lowest BCUT2D eigenvalue weighted by atomic mass is 10.2. The Labute approximate surface area is 126 Å². The van der Waals surface area contributed by atoms with E-state index in [9.17, 15) is 0 Å². The van der Waals surface area contributed by atoms with Crippen LogP contribution in [0.2, 0.25) is 0 Å². The van der Waals surface area contributed by atoms with Crippen molar-refractivity contribution < 1.29 is 9.47 Å². The molecule has 0 aromatic heterocycles. The maximum absolute atomic E-state index is 5.64. The number of hydrogen-bond acceptors (Lipinski definition) is 3. The molecule has 0 spiro atoms. The topological polar surface area (TPSA) is 30.5 Å². The summed E-state index contributed by atoms with van der Waals surface area (Å²) in [5, 5.41) is 3.44. The van der Waals surface area contributed by atoms with E-state index in [-0.39, 0.29) is 0 Å². The van der Waals surface area contributed by atoms with Gasteiger partial charge in [0.15, 0.2) is 0 Å². The van der Waals surface area contributed by atoms with Crippen molar-refractivity contribution in [3.63, 3.8) is 0 Å². The first-order valence-electron chi connectivity index (χ1n) is 7.37. The van der Waals surface area contributed by atoms with Crippen LogP contribution in [-0.4, -0.2) is 13.7 Å². The lowest BCUT2D eigenvalue weighted by molar-refractivity contribution is 0.317. The van der Waals surface area contributed by atoms with E-state index in [1.54, 1.807) is 7.11 Å². The van der Waals surface area contributed by atoms with Crippen molar-refractivity contribution in [3.8, 4) is 11.5 Å². The number of nitrogens with one attached hydrogen (secondary N) is 1. The van der Waals surface area contributed by atoms with Crippen LogP contribution in [0.4, 0.5) is 0 Å². The number of rotatable bonds is 8. The van der Waals surface area contributed by atoms with E-state index < -0.39 is 0 Å². The molecule has 2 aromatic carbocycles. The number of hydrogen-bond donors (Lipinski definition) is 1. The summed E-state index contributed by atoms with van der Waals surface area (Å²) >= 11 is 0. The fourth-order valence-electron chi connectivity index (χ4n) is 2.06. The summed E-state index contributed by atoms with van der Waals surface area (Å²) in [4.78, 5) is 0. The molecule has 0 amide bonds. The van der Waals surface area contributed by atoms with Crippen LogP contribution >= 0.6 is 0 Å². The molecule has 3 heteroatoms. The molecule has 0 unspecified atom stereocenters. The molecule has 2 rings (SSSR count). The van der Waals surface area contributed by atoms with Crippen LogP contribution in [0, 0.1) is 0 Å². The van der Waals surface area contributed by atoms with Crippen molar-refractivity contribution >= 4 is 0 Å². The normalized spacial score (nSPS) is 10.4. The zero-order valence-electron chi connectivity index (χ0n) is 12.8. The van der Waals surface area contributed by atoms with Crippen molar-refractivity contribution in [2.45, 2.75) is 26.4 Å². The van der Waals surface area contributed by atoms with Crippen molar-refractivity contribution in [1.82, 2.24) is 5.32 Å². The van der Waals surface area contributed by atoms with Gasteiger partial charge in [-0.1, -0.05) is 31.2 Å². The first-order chi connectivity index (χ1) is 10.3. The Hall–Kier alpha value is -2.00. The van der Waals surface area contributed by atoms with Crippen LogP contribution in [0.1, 0.15) is 24.5 Å². The van der Waals surface area contributed by atoms with Gasteiger partial charge in [-0.2, -0.15) is 0 Å². The highest BCUT2D eigenvalue weighted by Crippen LogP contribution is 2.14. The Morgan fingerprint density at radius 3 is 2.38 bits per heavy atom. The molecular formula is C18H23NO2. The van der Waals surface area contributed by atoms with Crippen LogP contribution < -0.4 is 14.8 Å². The maximum Gasteiger partial charge on any atom is 0.119 e. The third-order valence-corrected chi connectivity index (χ3v) is 3.19. The second-order valence-corrected chi connectivity index (χ2v) is 4.95. The number of benzene rings is 2. The van der Waals surface area contributed by atoms with E-state index in [4.69, 9.17) is 9.47 Å². The summed E-state index contributed by atoms with van der Waals surface area (Å²) < 4.78 is 10.8. The largest absolute Gasteiger partial charge is 0.497 e. The van der Waals surface area contributed by atoms with Crippen LogP contribution in [-0.2, 0) is 13.1 Å². The van der Waals surface area contributed by atoms with Crippen LogP contribution in [0.25, 0.3) is 0 Å². The van der Waals surface area contributed by atoms with E-state index in [1.165, 1.54) is 11.1 Å². The molecule has 0 bridgehead atoms. The SMILES string of the molecule is CCCOc1cccc(CNCc2ccc(OC)cc2)c1. The fourth-order valence-corrected chi connectivity index (χ4v) is 2.06. The second-order valence-electron chi connectivity index (χ2n) is 4.95. The first-order valence-corrected chi connectivity index (χ1v) is 7.37. The third-order valence-electron chi connectivity index (χ3n) is 3.19. The van der Waals surface area contributed by atoms with Gasteiger partial charge in [-0.05, 0) is 41.8 Å². The lowest BCUT2D eigenvalue weighted by Crippen LogP contribution is -2.12. The predicted octanol–water partition coefficient (Wildman–Crippen LogP) is 3.77. The summed E-state index contributed by atoms with van der Waals surface area (Å²) in [6.45, 7) is 4.54. The molecule has 0 aliphatic carbocycles. The summed E-state index contributed by atoms with van der Waals surface area (Å²) in [6, 6.07) is 16.4. The number of ether oxygens (including phenoxy) is 2. The molecule has 0 atom stereocenters. The molecule has 112 valence electrons. The maximum atomic E-state index is 5.64. The monoisotopic (exact) mass is 285 g/mol. The van der Waals surface area contributed by atoms with E-state index >= 15 is 0 Å². The highest BCUT2D eigenvalue weighted by Gasteiger charge is 1.98. The van der Waals surface area contributed by atoms with Gasteiger partial charge in [0.05, 0.1) is 13.7 Å². The third kappa shape index (κ3) is 5.12. The van der Waals surface area contributed by atoms with Gasteiger partial charge in [-0.25, -0.2) is 0 Å². The highest BCUT2D eigenvalue weighted by molar-refractivity contribution is 5.29. The Kier molecular flexibility index (Phi) is 6.10. The van der Waals surface area contributed by atoms with Gasteiger partial charge in [0.2, 0.25) is 0 Å². The van der Waals surface area contributed by atoms with Crippen molar-refractivity contribution in [2.75, 3.05) is 13.7 Å². The minimum absolute atomic E-state index is 0.767. The van der Waals surface area contributed by atoms with Crippen LogP contribution in [0.3, 0.4) is 0 Å². The van der Waals surface area contributed by atoms with E-state index in [2.05, 4.69) is 36.5 Å². The van der Waals surface area contributed by atoms with Crippen molar-refractivity contribution in [1.29, 1.82) is 0 Å². The molecule has 0 radical (unpaired) electrons. The van der Waals surface area contributed by atoms with E-state index in [0.29, 0.717) is 0 Å². The van der Waals surface area contributed by atoms with Gasteiger partial charge in [-0.15, -0.1) is 0 Å². The molecule has 1 N–H and O–H groups in total. The molecule has 0 fully saturated rings. The Bertz CT molecular complexity index is 537. The predicted molar refractivity (Wildman–Crippen MR) is 85.8 cm³/mol. The first kappa shape index (κ1) is 15.4. The summed E-state index contributed by atoms with van der Waals surface area (Å²) in [5.41, 5.74) is 2.48. The minimum atomic E-state index is 0.767. The average molecular weight is 285 g/mol. The molecule has 21 heavy (non-hydrogen) atoms. The van der Waals surface area contributed by atoms with Crippen molar-refractivity contribution in [2.24, 2.45) is 0 Å². The molecule has 0 heterocycles. The minimum Gasteiger partial charge on any atom is -0.497 e. The van der Waals surface area contributed by atoms with E-state index in [1.807, 2.05) is 24.3 Å². The summed E-state index contributed by atoms with van der Waals surface area (Å²) in [5.74, 6) is 1.83. The van der Waals surface area contributed by atoms with Gasteiger partial charge < -0.3 is 14.8 Å². The van der Waals surface area contributed by atoms with Gasteiger partial charge in [0.25, 0.3) is 0 Å². The standard InChI is InChI=1S/C18H23NO2/c1-3-11-21-18-6-4-5-16(12-18)14-19-13-15-7-9-17(20-2)10-8-15/h4-10,12,19H,3,11,13-14H2,1-2H3. The van der Waals surface area contributed by atoms with Gasteiger partial charge >= 0.3 is 0 Å². The van der Waals surface area contributed by atoms with Crippen LogP contribution in [0.15, 0.2) is 48.5 Å². The zero-order chi connectivity index (χ0) is 14.9. The summed E-state index contributed by atoms with van der Waals surface area (Å²) in [6.07, 6.45) is 1.03. The molecular weight excluding hydrogens is 262 g/mol. The molecule has 0 saturated heterocycles.